The van der Waals surface area contributed by atoms with Crippen molar-refractivity contribution in [3.8, 4) is 11.1 Å². The van der Waals surface area contributed by atoms with Gasteiger partial charge in [0.2, 0.25) is 0 Å². The first kappa shape index (κ1) is 19.9. The molecule has 0 unspecified atom stereocenters. The molecular formula is C22H25NO5. The van der Waals surface area contributed by atoms with Crippen molar-refractivity contribution in [3.05, 3.63) is 59.7 Å². The number of amides is 1. The van der Waals surface area contributed by atoms with Gasteiger partial charge < -0.3 is 20.3 Å². The number of carboxylic acids is 1. The summed E-state index contributed by atoms with van der Waals surface area (Å²) in [6.07, 6.45) is -0.415. The number of carboxylic acid groups (broad SMARTS) is 1. The van der Waals surface area contributed by atoms with Gasteiger partial charge in [0.15, 0.2) is 0 Å². The molecule has 0 aromatic heterocycles. The van der Waals surface area contributed by atoms with Gasteiger partial charge in [0.1, 0.15) is 12.6 Å². The molecule has 2 aromatic rings. The number of fused-ring (bicyclic) bond motifs is 3. The highest BCUT2D eigenvalue weighted by Gasteiger charge is 2.30. The summed E-state index contributed by atoms with van der Waals surface area (Å²) in [6.45, 7) is 3.32. The zero-order chi connectivity index (χ0) is 20.3. The second-order valence-corrected chi connectivity index (χ2v) is 7.71. The Kier molecular flexibility index (Phi) is 5.70. The third-order valence-electron chi connectivity index (χ3n) is 4.98. The molecule has 0 heterocycles. The van der Waals surface area contributed by atoms with Crippen molar-refractivity contribution in [2.24, 2.45) is 0 Å². The lowest BCUT2D eigenvalue weighted by molar-refractivity contribution is -0.139. The van der Waals surface area contributed by atoms with Crippen LogP contribution in [0.2, 0.25) is 0 Å². The average molecular weight is 383 g/mol. The Morgan fingerprint density at radius 3 is 2.11 bits per heavy atom. The van der Waals surface area contributed by atoms with Gasteiger partial charge in [0, 0.05) is 5.92 Å². The molecule has 1 aliphatic carbocycles. The molecule has 148 valence electrons. The van der Waals surface area contributed by atoms with Crippen molar-refractivity contribution in [3.63, 3.8) is 0 Å². The summed E-state index contributed by atoms with van der Waals surface area (Å²) in [4.78, 5) is 23.6. The first-order valence-corrected chi connectivity index (χ1v) is 9.33. The maximum atomic E-state index is 12.2. The number of nitrogens with one attached hydrogen (secondary N) is 1. The number of hydrogen-bond acceptors (Lipinski definition) is 4. The minimum Gasteiger partial charge on any atom is -0.480 e. The van der Waals surface area contributed by atoms with Gasteiger partial charge in [0.05, 0.1) is 5.60 Å². The van der Waals surface area contributed by atoms with Crippen LogP contribution in [0.15, 0.2) is 48.5 Å². The number of benzene rings is 2. The quantitative estimate of drug-likeness (QED) is 0.680. The zero-order valence-corrected chi connectivity index (χ0v) is 16.0. The summed E-state index contributed by atoms with van der Waals surface area (Å²) in [6, 6.07) is 14.9. The molecule has 1 amide bonds. The summed E-state index contributed by atoms with van der Waals surface area (Å²) in [7, 11) is 0. The highest BCUT2D eigenvalue weighted by atomic mass is 16.5. The maximum Gasteiger partial charge on any atom is 0.407 e. The van der Waals surface area contributed by atoms with Crippen LogP contribution in [0.1, 0.15) is 43.7 Å². The number of hydrogen-bond donors (Lipinski definition) is 3. The predicted octanol–water partition coefficient (Wildman–Crippen LogP) is 3.53. The van der Waals surface area contributed by atoms with Gasteiger partial charge >= 0.3 is 12.1 Å². The largest absolute Gasteiger partial charge is 0.480 e. The van der Waals surface area contributed by atoms with Gasteiger partial charge in [-0.05, 0) is 48.9 Å². The molecule has 0 radical (unpaired) electrons. The number of alkyl carbamates (subject to hydrolysis) is 1. The molecule has 0 saturated heterocycles. The van der Waals surface area contributed by atoms with Gasteiger partial charge in [-0.25, -0.2) is 9.59 Å². The van der Waals surface area contributed by atoms with E-state index in [2.05, 4.69) is 5.32 Å². The van der Waals surface area contributed by atoms with Crippen LogP contribution in [0.25, 0.3) is 11.1 Å². The van der Waals surface area contributed by atoms with Crippen LogP contribution in [0.4, 0.5) is 4.79 Å². The van der Waals surface area contributed by atoms with E-state index in [1.54, 1.807) is 13.8 Å². The molecule has 3 rings (SSSR count). The van der Waals surface area contributed by atoms with E-state index < -0.39 is 23.7 Å². The Labute approximate surface area is 164 Å². The van der Waals surface area contributed by atoms with Gasteiger partial charge in [-0.3, -0.25) is 0 Å². The van der Waals surface area contributed by atoms with Crippen LogP contribution in [-0.2, 0) is 9.53 Å². The van der Waals surface area contributed by atoms with Crippen molar-refractivity contribution in [2.75, 3.05) is 6.61 Å². The van der Waals surface area contributed by atoms with E-state index >= 15 is 0 Å². The van der Waals surface area contributed by atoms with E-state index in [9.17, 15) is 19.8 Å². The highest BCUT2D eigenvalue weighted by Crippen LogP contribution is 2.44. The molecule has 6 heteroatoms. The molecule has 0 aliphatic heterocycles. The summed E-state index contributed by atoms with van der Waals surface area (Å²) in [5.74, 6) is -1.24. The standard InChI is InChI=1S/C22H25NO5/c1-22(2,27)12-11-19(20(24)25)23-21(26)28-13-18-16-9-5-3-7-14(16)15-8-4-6-10-17(15)18/h3-10,18-19,27H,11-13H2,1-2H3,(H,23,26)(H,24,25)/t19-/m1/s1. The summed E-state index contributed by atoms with van der Waals surface area (Å²) >= 11 is 0. The third kappa shape index (κ3) is 4.51. The third-order valence-corrected chi connectivity index (χ3v) is 4.98. The number of carbonyl (C=O) groups is 2. The molecular weight excluding hydrogens is 358 g/mol. The second-order valence-electron chi connectivity index (χ2n) is 7.71. The topological polar surface area (TPSA) is 95.9 Å². The van der Waals surface area contributed by atoms with Gasteiger partial charge in [-0.2, -0.15) is 0 Å². The van der Waals surface area contributed by atoms with E-state index in [0.29, 0.717) is 0 Å². The van der Waals surface area contributed by atoms with Crippen molar-refractivity contribution >= 4 is 12.1 Å². The van der Waals surface area contributed by atoms with Crippen molar-refractivity contribution in [1.29, 1.82) is 0 Å². The van der Waals surface area contributed by atoms with Crippen LogP contribution < -0.4 is 5.32 Å². The van der Waals surface area contributed by atoms with Gasteiger partial charge in [0.25, 0.3) is 0 Å². The number of aliphatic hydroxyl groups is 1. The fourth-order valence-corrected chi connectivity index (χ4v) is 3.54. The highest BCUT2D eigenvalue weighted by molar-refractivity contribution is 5.81. The zero-order valence-electron chi connectivity index (χ0n) is 16.0. The predicted molar refractivity (Wildman–Crippen MR) is 105 cm³/mol. The van der Waals surface area contributed by atoms with E-state index in [1.807, 2.05) is 48.5 Å². The molecule has 0 spiro atoms. The Morgan fingerprint density at radius 2 is 1.61 bits per heavy atom. The second kappa shape index (κ2) is 8.02. The minimum atomic E-state index is -1.15. The first-order chi connectivity index (χ1) is 13.3. The fraction of sp³-hybridized carbons (Fsp3) is 0.364. The maximum absolute atomic E-state index is 12.2. The molecule has 6 nitrogen and oxygen atoms in total. The van der Waals surface area contributed by atoms with E-state index in [4.69, 9.17) is 4.74 Å². The molecule has 0 saturated carbocycles. The molecule has 1 atom stereocenters. The average Bonchev–Trinajstić information content (AvgIpc) is 2.96. The van der Waals surface area contributed by atoms with E-state index in [1.165, 1.54) is 0 Å². The normalized spacial score (nSPS) is 14.1. The smallest absolute Gasteiger partial charge is 0.407 e. The van der Waals surface area contributed by atoms with Gasteiger partial charge in [-0.15, -0.1) is 0 Å². The summed E-state index contributed by atoms with van der Waals surface area (Å²) in [5.41, 5.74) is 3.43. The Morgan fingerprint density at radius 1 is 1.07 bits per heavy atom. The molecule has 28 heavy (non-hydrogen) atoms. The Hall–Kier alpha value is -2.86. The monoisotopic (exact) mass is 383 g/mol. The fourth-order valence-electron chi connectivity index (χ4n) is 3.54. The SMILES string of the molecule is CC(C)(O)CC[C@@H](NC(=O)OCC1c2ccccc2-c2ccccc21)C(=O)O. The molecule has 0 fully saturated rings. The molecule has 3 N–H and O–H groups in total. The summed E-state index contributed by atoms with van der Waals surface area (Å²) in [5, 5.41) is 21.5. The van der Waals surface area contributed by atoms with Crippen LogP contribution in [0, 0.1) is 0 Å². The number of ether oxygens (including phenoxy) is 1. The number of carbonyl (C=O) groups excluding carboxylic acids is 1. The van der Waals surface area contributed by atoms with E-state index in [0.717, 1.165) is 22.3 Å². The van der Waals surface area contributed by atoms with Crippen molar-refractivity contribution in [1.82, 2.24) is 5.32 Å². The van der Waals surface area contributed by atoms with E-state index in [-0.39, 0.29) is 25.4 Å². The molecule has 1 aliphatic rings. The van der Waals surface area contributed by atoms with Crippen molar-refractivity contribution in [2.45, 2.75) is 44.2 Å². The van der Waals surface area contributed by atoms with Crippen LogP contribution in [-0.4, -0.2) is 40.5 Å². The number of rotatable bonds is 7. The van der Waals surface area contributed by atoms with Crippen LogP contribution >= 0.6 is 0 Å². The molecule has 0 bridgehead atoms. The number of aliphatic carboxylic acids is 1. The summed E-state index contributed by atoms with van der Waals surface area (Å²) < 4.78 is 5.38. The van der Waals surface area contributed by atoms with Crippen LogP contribution in [0.3, 0.4) is 0 Å². The van der Waals surface area contributed by atoms with Crippen molar-refractivity contribution < 1.29 is 24.5 Å². The minimum absolute atomic E-state index is 0.0854. The lowest BCUT2D eigenvalue weighted by atomic mass is 9.98. The van der Waals surface area contributed by atoms with Crippen LogP contribution in [0.5, 0.6) is 0 Å². The first-order valence-electron chi connectivity index (χ1n) is 9.33. The van der Waals surface area contributed by atoms with Gasteiger partial charge in [-0.1, -0.05) is 48.5 Å². The lowest BCUT2D eigenvalue weighted by Crippen LogP contribution is -2.42. The Bertz CT molecular complexity index is 826. The Balaban J connectivity index is 1.65. The lowest BCUT2D eigenvalue weighted by Gasteiger charge is -2.21. The molecule has 2 aromatic carbocycles.